The maximum Gasteiger partial charge on any atom is 0.260 e. The van der Waals surface area contributed by atoms with Gasteiger partial charge in [-0.3, -0.25) is 14.6 Å². The third kappa shape index (κ3) is 6.51. The summed E-state index contributed by atoms with van der Waals surface area (Å²) in [5.41, 5.74) is 1.04. The molecule has 0 N–H and O–H groups in total. The zero-order chi connectivity index (χ0) is 29.0. The number of piperidine rings is 1. The number of aromatic nitrogens is 1. The summed E-state index contributed by atoms with van der Waals surface area (Å²) >= 11 is 1.37. The topological polar surface area (TPSA) is 102 Å². The smallest absolute Gasteiger partial charge is 0.260 e. The van der Waals surface area contributed by atoms with E-state index in [9.17, 15) is 13.2 Å². The predicted molar refractivity (Wildman–Crippen MR) is 160 cm³/mol. The van der Waals surface area contributed by atoms with Crippen molar-refractivity contribution in [1.29, 1.82) is 0 Å². The Labute approximate surface area is 245 Å². The van der Waals surface area contributed by atoms with E-state index in [2.05, 4.69) is 11.8 Å². The van der Waals surface area contributed by atoms with Crippen LogP contribution in [0.2, 0.25) is 0 Å². The molecular formula is C29H38N4O6S2. The van der Waals surface area contributed by atoms with Crippen LogP contribution in [-0.2, 0) is 14.8 Å². The number of carbonyl (C=O) groups excluding carboxylic acids is 1. The van der Waals surface area contributed by atoms with Crippen LogP contribution in [0.5, 0.6) is 11.5 Å². The van der Waals surface area contributed by atoms with Gasteiger partial charge in [-0.1, -0.05) is 18.3 Å². The van der Waals surface area contributed by atoms with Gasteiger partial charge in [0.2, 0.25) is 10.0 Å². The van der Waals surface area contributed by atoms with Gasteiger partial charge in [-0.25, -0.2) is 13.4 Å². The van der Waals surface area contributed by atoms with Crippen molar-refractivity contribution in [3.8, 4) is 11.5 Å². The molecule has 5 rings (SSSR count). The molecule has 1 unspecified atom stereocenters. The van der Waals surface area contributed by atoms with Gasteiger partial charge in [-0.15, -0.1) is 0 Å². The lowest BCUT2D eigenvalue weighted by Gasteiger charge is -2.30. The normalized spacial score (nSPS) is 18.9. The van der Waals surface area contributed by atoms with Crippen LogP contribution in [0.1, 0.15) is 36.5 Å². The Morgan fingerprint density at radius 1 is 1.07 bits per heavy atom. The van der Waals surface area contributed by atoms with Gasteiger partial charge in [-0.05, 0) is 61.6 Å². The lowest BCUT2D eigenvalue weighted by Crippen LogP contribution is -2.39. The molecule has 2 aliphatic heterocycles. The Bertz CT molecular complexity index is 1410. The molecule has 2 saturated heterocycles. The highest BCUT2D eigenvalue weighted by atomic mass is 32.2. The average molecular weight is 603 g/mol. The van der Waals surface area contributed by atoms with Gasteiger partial charge >= 0.3 is 0 Å². The minimum absolute atomic E-state index is 0.205. The number of anilines is 1. The van der Waals surface area contributed by atoms with Crippen molar-refractivity contribution < 1.29 is 27.4 Å². The van der Waals surface area contributed by atoms with Gasteiger partial charge in [0.25, 0.3) is 5.91 Å². The molecule has 222 valence electrons. The SMILES string of the molecule is COc1ccc(OC)c2sc(N(CCCN3CCOCC3)C(=O)c3ccc(S(=O)(=O)N4CCCC(C)C4)cc3)nc12. The third-order valence-electron chi connectivity index (χ3n) is 7.69. The monoisotopic (exact) mass is 602 g/mol. The zero-order valence-corrected chi connectivity index (χ0v) is 25.5. The Morgan fingerprint density at radius 2 is 1.78 bits per heavy atom. The maximum absolute atomic E-state index is 14.0. The molecule has 2 fully saturated rings. The summed E-state index contributed by atoms with van der Waals surface area (Å²) in [5.74, 6) is 1.36. The van der Waals surface area contributed by atoms with Crippen molar-refractivity contribution in [2.75, 3.05) is 71.6 Å². The number of amides is 1. The number of hydrogen-bond donors (Lipinski definition) is 0. The van der Waals surface area contributed by atoms with Crippen LogP contribution in [0, 0.1) is 5.92 Å². The van der Waals surface area contributed by atoms with Crippen LogP contribution in [0.3, 0.4) is 0 Å². The third-order valence-corrected chi connectivity index (χ3v) is 10.7. The van der Waals surface area contributed by atoms with Gasteiger partial charge in [0.05, 0.1) is 32.3 Å². The van der Waals surface area contributed by atoms with E-state index in [1.807, 2.05) is 6.07 Å². The molecule has 2 aromatic carbocycles. The quantitative estimate of drug-likeness (QED) is 0.342. The average Bonchev–Trinajstić information content (AvgIpc) is 3.44. The fraction of sp³-hybridized carbons (Fsp3) is 0.517. The molecule has 1 atom stereocenters. The number of morpholine rings is 1. The Hall–Kier alpha value is -2.77. The molecule has 2 aliphatic rings. The van der Waals surface area contributed by atoms with Gasteiger partial charge in [0.15, 0.2) is 5.13 Å². The number of nitrogens with zero attached hydrogens (tertiary/aromatic N) is 4. The molecule has 0 spiro atoms. The number of methoxy groups -OCH3 is 2. The number of hydrogen-bond acceptors (Lipinski definition) is 9. The Morgan fingerprint density at radius 3 is 2.46 bits per heavy atom. The summed E-state index contributed by atoms with van der Waals surface area (Å²) in [7, 11) is -0.422. The molecule has 10 nitrogen and oxygen atoms in total. The van der Waals surface area contributed by atoms with E-state index in [1.54, 1.807) is 41.6 Å². The molecule has 3 heterocycles. The zero-order valence-electron chi connectivity index (χ0n) is 23.9. The molecular weight excluding hydrogens is 564 g/mol. The number of ether oxygens (including phenoxy) is 3. The van der Waals surface area contributed by atoms with Gasteiger partial charge in [0.1, 0.15) is 21.7 Å². The van der Waals surface area contributed by atoms with Gasteiger partial charge in [0, 0.05) is 44.8 Å². The van der Waals surface area contributed by atoms with Crippen molar-refractivity contribution in [3.05, 3.63) is 42.0 Å². The first-order valence-electron chi connectivity index (χ1n) is 14.1. The second kappa shape index (κ2) is 13.0. The van der Waals surface area contributed by atoms with Crippen LogP contribution in [0.4, 0.5) is 5.13 Å². The summed E-state index contributed by atoms with van der Waals surface area (Å²) in [6.07, 6.45) is 2.63. The molecule has 12 heteroatoms. The van der Waals surface area contributed by atoms with Crippen LogP contribution in [0.25, 0.3) is 10.2 Å². The van der Waals surface area contributed by atoms with Gasteiger partial charge in [-0.2, -0.15) is 4.31 Å². The number of carbonyl (C=O) groups is 1. The van der Waals surface area contributed by atoms with Crippen molar-refractivity contribution in [3.63, 3.8) is 0 Å². The fourth-order valence-electron chi connectivity index (χ4n) is 5.39. The molecule has 1 amide bonds. The Balaban J connectivity index is 1.42. The number of rotatable bonds is 10. The molecule has 1 aromatic heterocycles. The molecule has 0 bridgehead atoms. The minimum atomic E-state index is -3.61. The standard InChI is InChI=1S/C29H38N4O6S2/c1-21-6-4-14-32(20-21)41(35,36)23-9-7-22(8-10-23)28(34)33(15-5-13-31-16-18-39-19-17-31)29-30-26-24(37-2)11-12-25(38-3)27(26)40-29/h7-12,21H,4-6,13-20H2,1-3H3. The second-order valence-corrected chi connectivity index (χ2v) is 13.5. The van der Waals surface area contributed by atoms with E-state index in [1.165, 1.54) is 23.5 Å². The van der Waals surface area contributed by atoms with Crippen LogP contribution < -0.4 is 14.4 Å². The van der Waals surface area contributed by atoms with E-state index in [0.717, 1.165) is 43.6 Å². The lowest BCUT2D eigenvalue weighted by atomic mass is 10.0. The molecule has 41 heavy (non-hydrogen) atoms. The van der Waals surface area contributed by atoms with E-state index in [-0.39, 0.29) is 10.8 Å². The van der Waals surface area contributed by atoms with Crippen LogP contribution in [0.15, 0.2) is 41.3 Å². The first-order chi connectivity index (χ1) is 19.8. The number of benzene rings is 2. The summed E-state index contributed by atoms with van der Waals surface area (Å²) in [6.45, 7) is 7.56. The highest BCUT2D eigenvalue weighted by molar-refractivity contribution is 7.89. The molecule has 0 aliphatic carbocycles. The second-order valence-electron chi connectivity index (χ2n) is 10.5. The number of sulfonamides is 1. The highest BCUT2D eigenvalue weighted by Gasteiger charge is 2.29. The fourth-order valence-corrected chi connectivity index (χ4v) is 8.09. The van der Waals surface area contributed by atoms with Crippen molar-refractivity contribution in [2.45, 2.75) is 31.1 Å². The van der Waals surface area contributed by atoms with Crippen molar-refractivity contribution in [1.82, 2.24) is 14.2 Å². The maximum atomic E-state index is 14.0. The number of thiazole rings is 1. The van der Waals surface area contributed by atoms with E-state index in [0.29, 0.717) is 66.5 Å². The van der Waals surface area contributed by atoms with E-state index < -0.39 is 10.0 Å². The van der Waals surface area contributed by atoms with Crippen molar-refractivity contribution in [2.24, 2.45) is 5.92 Å². The van der Waals surface area contributed by atoms with Crippen LogP contribution in [-0.4, -0.2) is 95.2 Å². The lowest BCUT2D eigenvalue weighted by molar-refractivity contribution is 0.0376. The Kier molecular flexibility index (Phi) is 9.45. The summed E-state index contributed by atoms with van der Waals surface area (Å²) in [6, 6.07) is 9.92. The van der Waals surface area contributed by atoms with Crippen LogP contribution >= 0.6 is 11.3 Å². The summed E-state index contributed by atoms with van der Waals surface area (Å²) in [5, 5.41) is 0.536. The highest BCUT2D eigenvalue weighted by Crippen LogP contribution is 2.40. The summed E-state index contributed by atoms with van der Waals surface area (Å²) in [4.78, 5) is 23.0. The summed E-state index contributed by atoms with van der Waals surface area (Å²) < 4.78 is 45.4. The number of fused-ring (bicyclic) bond motifs is 1. The van der Waals surface area contributed by atoms with E-state index in [4.69, 9.17) is 19.2 Å². The molecule has 0 saturated carbocycles. The first kappa shape index (κ1) is 29.7. The molecule has 3 aromatic rings. The van der Waals surface area contributed by atoms with Gasteiger partial charge < -0.3 is 14.2 Å². The minimum Gasteiger partial charge on any atom is -0.495 e. The predicted octanol–water partition coefficient (Wildman–Crippen LogP) is 4.10. The largest absolute Gasteiger partial charge is 0.495 e. The van der Waals surface area contributed by atoms with E-state index >= 15 is 0 Å². The first-order valence-corrected chi connectivity index (χ1v) is 16.3. The molecule has 0 radical (unpaired) electrons. The van der Waals surface area contributed by atoms with Crippen molar-refractivity contribution >= 4 is 42.6 Å².